The molecular formula is C16H17N5O7S3. The summed E-state index contributed by atoms with van der Waals surface area (Å²) in [7, 11) is 0. The second-order valence-corrected chi connectivity index (χ2v) is 9.64. The highest BCUT2D eigenvalue weighted by molar-refractivity contribution is 8.01. The fraction of sp³-hybridized carbons (Fsp3) is 0.438. The Morgan fingerprint density at radius 1 is 1.29 bits per heavy atom. The van der Waals surface area contributed by atoms with Crippen molar-refractivity contribution in [1.29, 1.82) is 0 Å². The summed E-state index contributed by atoms with van der Waals surface area (Å²) < 4.78 is 5.35. The third-order valence-corrected chi connectivity index (χ3v) is 7.34. The van der Waals surface area contributed by atoms with Gasteiger partial charge >= 0.3 is 11.9 Å². The first kappa shape index (κ1) is 23.0. The molecule has 166 valence electrons. The lowest BCUT2D eigenvalue weighted by molar-refractivity contribution is -0.150. The van der Waals surface area contributed by atoms with Gasteiger partial charge in [-0.05, 0) is 0 Å². The van der Waals surface area contributed by atoms with Gasteiger partial charge < -0.3 is 20.5 Å². The topological polar surface area (TPSA) is 168 Å². The second kappa shape index (κ2) is 9.65. The summed E-state index contributed by atoms with van der Waals surface area (Å²) in [6, 6.07) is -0.855. The highest BCUT2D eigenvalue weighted by atomic mass is 32.2. The van der Waals surface area contributed by atoms with Crippen LogP contribution in [0.3, 0.4) is 0 Å². The van der Waals surface area contributed by atoms with Crippen LogP contribution in [0.2, 0.25) is 0 Å². The van der Waals surface area contributed by atoms with E-state index in [1.54, 1.807) is 0 Å². The lowest BCUT2D eigenvalue weighted by atomic mass is 10.0. The third-order valence-electron chi connectivity index (χ3n) is 4.03. The summed E-state index contributed by atoms with van der Waals surface area (Å²) in [6.45, 7) is 2.34. The van der Waals surface area contributed by atoms with Crippen LogP contribution in [0.1, 0.15) is 13.8 Å². The zero-order valence-corrected chi connectivity index (χ0v) is 18.7. The Bertz CT molecular complexity index is 979. The average Bonchev–Trinajstić information content (AvgIpc) is 3.14. The van der Waals surface area contributed by atoms with Crippen molar-refractivity contribution in [2.75, 3.05) is 23.4 Å². The number of carbonyl (C=O) groups excluding carboxylic acids is 4. The molecule has 31 heavy (non-hydrogen) atoms. The number of aromatic nitrogens is 2. The van der Waals surface area contributed by atoms with Gasteiger partial charge in [0.25, 0.3) is 5.91 Å². The van der Waals surface area contributed by atoms with E-state index in [0.717, 1.165) is 28.0 Å². The van der Waals surface area contributed by atoms with Crippen molar-refractivity contribution in [3.63, 3.8) is 0 Å². The number of nitrogens with zero attached hydrogens (tertiary/aromatic N) is 3. The maximum absolute atomic E-state index is 12.5. The Labute approximate surface area is 188 Å². The van der Waals surface area contributed by atoms with E-state index in [1.807, 2.05) is 0 Å². The number of carboxylic acid groups (broad SMARTS) is 1. The Kier molecular flexibility index (Phi) is 7.17. The fourth-order valence-corrected chi connectivity index (χ4v) is 5.73. The molecular weight excluding hydrogens is 470 g/mol. The number of carboxylic acids is 1. The molecule has 0 bridgehead atoms. The summed E-state index contributed by atoms with van der Waals surface area (Å²) in [5.41, 5.74) is 0.109. The van der Waals surface area contributed by atoms with Gasteiger partial charge in [0.2, 0.25) is 16.9 Å². The highest BCUT2D eigenvalue weighted by Crippen LogP contribution is 2.40. The maximum Gasteiger partial charge on any atom is 0.352 e. The summed E-state index contributed by atoms with van der Waals surface area (Å²) in [5.74, 6) is -2.89. The maximum atomic E-state index is 12.5. The molecule has 2 aliphatic heterocycles. The molecule has 12 nitrogen and oxygen atoms in total. The summed E-state index contributed by atoms with van der Waals surface area (Å²) in [6.07, 6.45) is 0. The molecule has 3 rings (SSSR count). The number of aliphatic carboxylic acids is 1. The molecule has 2 aliphatic rings. The van der Waals surface area contributed by atoms with Crippen LogP contribution in [0.15, 0.2) is 15.6 Å². The molecule has 0 aliphatic carbocycles. The van der Waals surface area contributed by atoms with E-state index in [-0.39, 0.29) is 29.7 Å². The van der Waals surface area contributed by atoms with Gasteiger partial charge in [-0.25, -0.2) is 4.79 Å². The van der Waals surface area contributed by atoms with Crippen LogP contribution in [0.4, 0.5) is 5.13 Å². The van der Waals surface area contributed by atoms with E-state index in [1.165, 1.54) is 25.6 Å². The van der Waals surface area contributed by atoms with Crippen molar-refractivity contribution in [1.82, 2.24) is 20.4 Å². The number of rotatable bonds is 8. The number of β-lactam (4-membered cyclic amide) rings is 1. The number of carbonyl (C=O) groups is 5. The average molecular weight is 488 g/mol. The number of hydrogen-bond donors (Lipinski definition) is 3. The summed E-state index contributed by atoms with van der Waals surface area (Å²) in [4.78, 5) is 59.6. The first-order valence-corrected chi connectivity index (χ1v) is 11.6. The number of anilines is 1. The van der Waals surface area contributed by atoms with Gasteiger partial charge in [-0.3, -0.25) is 24.1 Å². The van der Waals surface area contributed by atoms with Crippen LogP contribution >= 0.6 is 34.9 Å². The van der Waals surface area contributed by atoms with Crippen molar-refractivity contribution in [2.45, 2.75) is 29.6 Å². The zero-order valence-electron chi connectivity index (χ0n) is 16.2. The molecule has 0 spiro atoms. The van der Waals surface area contributed by atoms with Crippen molar-refractivity contribution in [2.24, 2.45) is 0 Å². The number of hydrogen-bond acceptors (Lipinski definition) is 11. The molecule has 15 heteroatoms. The SMILES string of the molecule is CC(=O)Nc1nnc(SCC(=O)N[C@@H]2C(=O)N3C(C(=O)O)=C(COC(C)=O)CS[C@H]23)s1. The Morgan fingerprint density at radius 2 is 2.03 bits per heavy atom. The van der Waals surface area contributed by atoms with Crippen molar-refractivity contribution in [3.8, 4) is 0 Å². The van der Waals surface area contributed by atoms with Crippen LogP contribution in [-0.2, 0) is 28.7 Å². The molecule has 3 N–H and O–H groups in total. The number of fused-ring (bicyclic) bond motifs is 1. The number of esters is 1. The molecule has 0 radical (unpaired) electrons. The molecule has 0 aromatic carbocycles. The summed E-state index contributed by atoms with van der Waals surface area (Å²) >= 11 is 3.49. The van der Waals surface area contributed by atoms with Gasteiger partial charge in [0.05, 0.1) is 5.75 Å². The van der Waals surface area contributed by atoms with Crippen molar-refractivity contribution >= 4 is 69.7 Å². The first-order valence-electron chi connectivity index (χ1n) is 8.74. The standard InChI is InChI=1S/C16H17N5O7S3/c1-6(22)17-15-19-20-16(31-15)30-5-9(24)18-10-12(25)21-11(14(26)27)8(3-28-7(2)23)4-29-13(10)21/h10,13H,3-5H2,1-2H3,(H,18,24)(H,26,27)(H,17,19,22)/t10-,13-/m1/s1. The van der Waals surface area contributed by atoms with Crippen LogP contribution < -0.4 is 10.6 Å². The molecule has 1 saturated heterocycles. The molecule has 0 unspecified atom stereocenters. The molecule has 2 atom stereocenters. The molecule has 1 aromatic heterocycles. The number of amides is 3. The van der Waals surface area contributed by atoms with Gasteiger partial charge in [0.15, 0.2) is 4.34 Å². The van der Waals surface area contributed by atoms with Gasteiger partial charge in [0.1, 0.15) is 23.7 Å². The lowest BCUT2D eigenvalue weighted by Crippen LogP contribution is -2.70. The van der Waals surface area contributed by atoms with Crippen LogP contribution in [-0.4, -0.2) is 79.4 Å². The molecule has 1 fully saturated rings. The van der Waals surface area contributed by atoms with Crippen LogP contribution in [0.25, 0.3) is 0 Å². The minimum absolute atomic E-state index is 0.0325. The van der Waals surface area contributed by atoms with E-state index >= 15 is 0 Å². The van der Waals surface area contributed by atoms with Crippen molar-refractivity contribution in [3.05, 3.63) is 11.3 Å². The quantitative estimate of drug-likeness (QED) is 0.194. The highest BCUT2D eigenvalue weighted by Gasteiger charge is 2.54. The summed E-state index contributed by atoms with van der Waals surface area (Å²) in [5, 5.41) is 22.0. The van der Waals surface area contributed by atoms with Crippen LogP contribution in [0, 0.1) is 0 Å². The first-order chi connectivity index (χ1) is 14.7. The lowest BCUT2D eigenvalue weighted by Gasteiger charge is -2.49. The fourth-order valence-electron chi connectivity index (χ4n) is 2.79. The molecule has 3 amide bonds. The number of nitrogens with one attached hydrogen (secondary N) is 2. The van der Waals surface area contributed by atoms with E-state index in [9.17, 15) is 29.1 Å². The Hall–Kier alpha value is -2.65. The molecule has 3 heterocycles. The minimum atomic E-state index is -1.30. The zero-order chi connectivity index (χ0) is 22.7. The molecule has 0 saturated carbocycles. The van der Waals surface area contributed by atoms with Crippen molar-refractivity contribution < 1.29 is 33.8 Å². The Morgan fingerprint density at radius 3 is 2.68 bits per heavy atom. The van der Waals surface area contributed by atoms with Gasteiger partial charge in [-0.15, -0.1) is 22.0 Å². The van der Waals surface area contributed by atoms with Gasteiger partial charge in [-0.2, -0.15) is 0 Å². The smallest absolute Gasteiger partial charge is 0.352 e. The number of ether oxygens (including phenoxy) is 1. The Balaban J connectivity index is 1.57. The normalized spacial score (nSPS) is 19.9. The van der Waals surface area contributed by atoms with E-state index in [2.05, 4.69) is 20.8 Å². The second-order valence-electron chi connectivity index (χ2n) is 6.34. The van der Waals surface area contributed by atoms with Crippen LogP contribution in [0.5, 0.6) is 0 Å². The van der Waals surface area contributed by atoms with E-state index in [4.69, 9.17) is 4.74 Å². The molecule has 1 aromatic rings. The third kappa shape index (κ3) is 5.34. The predicted molar refractivity (Wildman–Crippen MR) is 111 cm³/mol. The van der Waals surface area contributed by atoms with Gasteiger partial charge in [0, 0.05) is 25.2 Å². The monoisotopic (exact) mass is 487 g/mol. The number of thioether (sulfide) groups is 2. The van der Waals surface area contributed by atoms with E-state index < -0.39 is 35.2 Å². The predicted octanol–water partition coefficient (Wildman–Crippen LogP) is -0.110. The minimum Gasteiger partial charge on any atom is -0.477 e. The van der Waals surface area contributed by atoms with Gasteiger partial charge in [-0.1, -0.05) is 23.1 Å². The van der Waals surface area contributed by atoms with E-state index in [0.29, 0.717) is 15.0 Å². The largest absolute Gasteiger partial charge is 0.477 e.